The molecule has 0 saturated heterocycles. The number of nitriles is 1. The highest BCUT2D eigenvalue weighted by Crippen LogP contribution is 2.49. The molecule has 6 N–H and O–H groups in total. The second kappa shape index (κ2) is 51.7. The predicted molar refractivity (Wildman–Crippen MR) is 624 cm³/mol. The highest BCUT2D eigenvalue weighted by molar-refractivity contribution is 8.24. The zero-order chi connectivity index (χ0) is 103. The zero-order valence-electron chi connectivity index (χ0n) is 81.2. The summed E-state index contributed by atoms with van der Waals surface area (Å²) in [5.41, 5.74) is 23.3. The number of nitrogens with zero attached hydrogens (tertiary/aromatic N) is 6. The number of benzene rings is 10. The van der Waals surface area contributed by atoms with Gasteiger partial charge in [-0.2, -0.15) is 5.26 Å². The monoisotopic (exact) mass is 2240 g/mol. The zero-order valence-corrected chi connectivity index (χ0v) is 93.1. The Morgan fingerprint density at radius 1 is 0.370 bits per heavy atom. The number of H-pyrrole nitrogens is 5. The molecule has 0 radical (unpaired) electrons. The molecule has 5 aliphatic rings. The molecule has 15 aromatic rings. The second-order valence-corrected chi connectivity index (χ2v) is 45.4. The van der Waals surface area contributed by atoms with Gasteiger partial charge in [-0.25, -0.2) is 0 Å². The van der Waals surface area contributed by atoms with Gasteiger partial charge in [0, 0.05) is 177 Å². The van der Waals surface area contributed by atoms with E-state index in [0.29, 0.717) is 41.2 Å². The minimum Gasteiger partial charge on any atom is -0.497 e. The van der Waals surface area contributed by atoms with Gasteiger partial charge in [0.05, 0.1) is 104 Å². The number of nitrogens with one attached hydrogen (secondary N) is 5. The Hall–Kier alpha value is -9.64. The molecule has 20 rings (SSSR count). The van der Waals surface area contributed by atoms with Crippen molar-refractivity contribution in [1.82, 2.24) is 49.4 Å². The van der Waals surface area contributed by atoms with Crippen LogP contribution in [-0.2, 0) is 46.4 Å². The van der Waals surface area contributed by atoms with Crippen LogP contribution in [0.4, 0.5) is 4.39 Å². The van der Waals surface area contributed by atoms with Crippen molar-refractivity contribution in [2.24, 2.45) is 0 Å². The molecule has 10 heterocycles. The molecule has 10 aromatic carbocycles. The summed E-state index contributed by atoms with van der Waals surface area (Å²) in [5, 5.41) is 27.6. The molecule has 0 spiro atoms. The molecule has 0 saturated carbocycles. The van der Waals surface area contributed by atoms with E-state index >= 15 is 0 Å². The quantitative estimate of drug-likeness (QED) is 0.0199. The lowest BCUT2D eigenvalue weighted by molar-refractivity contribution is -0.140. The lowest BCUT2D eigenvalue weighted by atomic mass is 9.93. The average Bonchev–Trinajstić information content (AvgIpc) is 1.61. The van der Waals surface area contributed by atoms with Crippen LogP contribution in [0.5, 0.6) is 28.7 Å². The maximum absolute atomic E-state index is 12.7. The van der Waals surface area contributed by atoms with Crippen molar-refractivity contribution < 1.29 is 47.4 Å². The van der Waals surface area contributed by atoms with Crippen molar-refractivity contribution >= 4 is 260 Å². The fraction of sp³-hybridized carbons (Fsp3) is 0.300. The summed E-state index contributed by atoms with van der Waals surface area (Å²) in [7, 11) is 10.1. The summed E-state index contributed by atoms with van der Waals surface area (Å²) >= 11 is 67.6. The molecular formula is C110H109Cl5FN11O9S10. The third kappa shape index (κ3) is 25.3. The lowest BCUT2D eigenvalue weighted by Crippen LogP contribution is -2.38. The van der Waals surface area contributed by atoms with Gasteiger partial charge >= 0.3 is 5.97 Å². The van der Waals surface area contributed by atoms with Crippen LogP contribution in [0.1, 0.15) is 134 Å². The number of fused-ring (bicyclic) bond motifs is 15. The van der Waals surface area contributed by atoms with Crippen molar-refractivity contribution in [3.63, 3.8) is 0 Å². The Labute approximate surface area is 922 Å². The molecule has 5 atom stereocenters. The van der Waals surface area contributed by atoms with Crippen molar-refractivity contribution in [3.8, 4) is 34.8 Å². The number of hydrogen-bond donors (Lipinski definition) is 6. The van der Waals surface area contributed by atoms with Gasteiger partial charge in [0.15, 0.2) is 0 Å². The van der Waals surface area contributed by atoms with E-state index in [0.717, 1.165) is 232 Å². The number of ether oxygens (including phenoxy) is 7. The number of methoxy groups -OCH3 is 6. The summed E-state index contributed by atoms with van der Waals surface area (Å²) in [6, 6.07) is 72.5. The van der Waals surface area contributed by atoms with Crippen LogP contribution in [0.15, 0.2) is 212 Å². The molecule has 5 unspecified atom stereocenters. The predicted octanol–water partition coefficient (Wildman–Crippen LogP) is 27.5. The SMILES string of the molecule is CCCOC(=O)CSC(=S)N1CCc2c([nH]c3ccc(Cl)cc23)C1c1ccc(OC)cc1.COCCSC(=S)N1CCc2c([nH]c3ccc(Cl)cc23)C1c1ccc(OC)cc1.COc1ccc(C2c3[nH]c4ccc(Cl)cc4c3CCN2C(=S)SCCC#N)cc1.COc1ccc(C2c3[nH]c4ccc(Cl)cc4c3CCN2C(=S)SCCF)cc1.COc1ccc(C2c3[nH]c4ccc(Cl)cc4c3CCN2C(=S)SCCO)cc1. The first kappa shape index (κ1) is 109. The van der Waals surface area contributed by atoms with Gasteiger partial charge in [0.1, 0.15) is 50.4 Å². The number of aliphatic hydroxyl groups is 1. The van der Waals surface area contributed by atoms with Crippen LogP contribution in [0.25, 0.3) is 54.5 Å². The molecule has 146 heavy (non-hydrogen) atoms. The van der Waals surface area contributed by atoms with E-state index in [1.165, 1.54) is 90.5 Å². The number of aromatic nitrogens is 5. The van der Waals surface area contributed by atoms with E-state index < -0.39 is 0 Å². The van der Waals surface area contributed by atoms with E-state index in [1.807, 2.05) is 146 Å². The van der Waals surface area contributed by atoms with Crippen LogP contribution < -0.4 is 23.7 Å². The number of hydrogen-bond acceptors (Lipinski definition) is 20. The minimum absolute atomic E-state index is 0.0143. The van der Waals surface area contributed by atoms with Gasteiger partial charge in [-0.15, -0.1) is 0 Å². The summed E-state index contributed by atoms with van der Waals surface area (Å²) in [6.45, 7) is 6.85. The fourth-order valence-corrected chi connectivity index (χ4v) is 25.9. The van der Waals surface area contributed by atoms with Crippen molar-refractivity contribution in [1.29, 1.82) is 5.26 Å². The average molecular weight is 2250 g/mol. The molecule has 0 bridgehead atoms. The first-order valence-electron chi connectivity index (χ1n) is 47.5. The molecule has 0 aliphatic carbocycles. The maximum Gasteiger partial charge on any atom is 0.316 e. The van der Waals surface area contributed by atoms with Gasteiger partial charge < -0.3 is 87.7 Å². The second-order valence-electron chi connectivity index (χ2n) is 34.7. The van der Waals surface area contributed by atoms with Gasteiger partial charge in [-0.05, 0) is 246 Å². The molecule has 0 fully saturated rings. The van der Waals surface area contributed by atoms with E-state index in [2.05, 4.69) is 128 Å². The summed E-state index contributed by atoms with van der Waals surface area (Å²) < 4.78 is 53.7. The smallest absolute Gasteiger partial charge is 0.316 e. The first-order chi connectivity index (χ1) is 71.0. The standard InChI is InChI=1S/C24H25ClN2O3S2.C22H20ClN3OS2.C22H23ClN2O2S2.C21H20ClFN2OS2.C21H21ClN2O2S2/c1-3-12-30-21(28)14-32-24(31)27-11-10-18-19-13-16(25)6-9-20(19)26-22(18)23(27)15-4-7-17(29-2)8-5-15;1-27-16-6-3-14(4-7-16)21-20-17(18-13-15(23)5-8-19(18)25-20)9-11-26(21)22(28)29-12-2-10-24;1-26-11-12-29-22(28)25-10-9-17-18-13-15(23)5-8-19(18)24-20(17)21(25)14-3-6-16(27-2)7-4-14;1-26-15-5-2-13(3-6-15)20-19-16(8-10-25(20)21(27)28-11-9-23)17-12-14(22)4-7-18(17)24-19;1-26-15-5-2-13(3-6-15)20-19-16(8-9-24(20)21(27)28-11-10-25)17-12-14(22)4-7-18(17)23-19/h4-9,13,23,26H,3,10-12,14H2,1-2H3;3-8,13,21,25H,2,9,11-12H2,1H3;3-8,13,21,24H,9-12H2,1-2H3;2-7,12,20,24H,8-11H2,1H3;2-7,12,20,23,25H,8-11H2,1H3. The van der Waals surface area contributed by atoms with E-state index in [1.54, 1.807) is 66.2 Å². The molecule has 20 nitrogen and oxygen atoms in total. The Morgan fingerprint density at radius 2 is 0.616 bits per heavy atom. The molecule has 36 heteroatoms. The topological polar surface area (TPSA) is 221 Å². The Bertz CT molecular complexity index is 7050. The van der Waals surface area contributed by atoms with Crippen molar-refractivity contribution in [3.05, 3.63) is 322 Å². The van der Waals surface area contributed by atoms with E-state index in [-0.39, 0.29) is 55.2 Å². The molecule has 5 aliphatic heterocycles. The van der Waals surface area contributed by atoms with E-state index in [4.69, 9.17) is 158 Å². The number of halogens is 6. The number of carbonyl (C=O) groups is 1. The molecular weight excluding hydrogens is 2140 g/mol. The van der Waals surface area contributed by atoms with Crippen molar-refractivity contribution in [2.45, 2.75) is 82.1 Å². The van der Waals surface area contributed by atoms with Gasteiger partial charge in [-0.3, -0.25) is 9.18 Å². The number of aliphatic hydroxyl groups excluding tert-OH is 1. The number of thioether (sulfide) groups is 5. The summed E-state index contributed by atoms with van der Waals surface area (Å²) in [5.74, 6) is 6.60. The number of rotatable bonds is 23. The van der Waals surface area contributed by atoms with Gasteiger partial charge in [0.25, 0.3) is 0 Å². The van der Waals surface area contributed by atoms with Crippen LogP contribution in [0.3, 0.4) is 0 Å². The normalized spacial score (nSPS) is 16.0. The molecule has 760 valence electrons. The highest BCUT2D eigenvalue weighted by Gasteiger charge is 2.40. The number of thiocarbonyl (C=S) groups is 5. The maximum atomic E-state index is 12.7. The molecule has 5 aromatic heterocycles. The Morgan fingerprint density at radius 3 is 0.849 bits per heavy atom. The fourth-order valence-electron chi connectivity index (χ4n) is 19.4. The first-order valence-corrected chi connectivity index (χ1v) is 56.4. The third-order valence-corrected chi connectivity index (χ3v) is 34.6. The number of esters is 1. The Balaban J connectivity index is 0.000000131. The Kier molecular flexibility index (Phi) is 38.6. The van der Waals surface area contributed by atoms with Gasteiger partial charge in [0.2, 0.25) is 0 Å². The third-order valence-electron chi connectivity index (χ3n) is 26.1. The minimum atomic E-state index is -0.387. The summed E-state index contributed by atoms with van der Waals surface area (Å²) in [4.78, 5) is 41.3. The van der Waals surface area contributed by atoms with Crippen LogP contribution in [0, 0.1) is 11.3 Å². The number of carbonyl (C=O) groups excluding carboxylic acids is 1. The number of alkyl halides is 1. The van der Waals surface area contributed by atoms with Crippen LogP contribution in [0.2, 0.25) is 25.1 Å². The van der Waals surface area contributed by atoms with Gasteiger partial charge in [-0.1, -0.05) is 245 Å². The van der Waals surface area contributed by atoms with Crippen molar-refractivity contribution in [2.75, 3.05) is 131 Å². The van der Waals surface area contributed by atoms with Crippen LogP contribution >= 0.6 is 178 Å². The van der Waals surface area contributed by atoms with Crippen LogP contribution in [-0.4, -0.2) is 213 Å². The largest absolute Gasteiger partial charge is 0.497 e. The molecule has 0 amide bonds. The lowest BCUT2D eigenvalue weighted by Gasteiger charge is -2.37. The number of aromatic amines is 5. The van der Waals surface area contributed by atoms with E-state index in [9.17, 15) is 14.3 Å². The highest BCUT2D eigenvalue weighted by atomic mass is 35.5. The summed E-state index contributed by atoms with van der Waals surface area (Å²) in [6.07, 6.45) is 5.69.